The maximum absolute atomic E-state index is 6.02. The van der Waals surface area contributed by atoms with Crippen molar-refractivity contribution in [2.24, 2.45) is 5.73 Å². The SMILES string of the molecule is CN(CCCNC1CCCC(N)C1)Cc1ccccc1. The molecule has 0 heterocycles. The Morgan fingerprint density at radius 2 is 2.05 bits per heavy atom. The molecule has 1 aliphatic carbocycles. The molecule has 0 aromatic heterocycles. The van der Waals surface area contributed by atoms with Crippen LogP contribution in [0.4, 0.5) is 0 Å². The first-order valence-electron chi connectivity index (χ1n) is 7.95. The van der Waals surface area contributed by atoms with Crippen LogP contribution in [0.15, 0.2) is 30.3 Å². The standard InChI is InChI=1S/C17H29N3/c1-20(14-15-7-3-2-4-8-15)12-6-11-19-17-10-5-9-16(18)13-17/h2-4,7-8,16-17,19H,5-6,9-14,18H2,1H3. The van der Waals surface area contributed by atoms with Gasteiger partial charge in [-0.25, -0.2) is 0 Å². The van der Waals surface area contributed by atoms with Crippen molar-refractivity contribution < 1.29 is 0 Å². The summed E-state index contributed by atoms with van der Waals surface area (Å²) in [5, 5.41) is 3.66. The fourth-order valence-electron chi connectivity index (χ4n) is 3.04. The van der Waals surface area contributed by atoms with E-state index in [0.717, 1.165) is 26.1 Å². The zero-order valence-electron chi connectivity index (χ0n) is 12.7. The van der Waals surface area contributed by atoms with E-state index in [1.54, 1.807) is 0 Å². The van der Waals surface area contributed by atoms with Gasteiger partial charge in [0.15, 0.2) is 0 Å². The van der Waals surface area contributed by atoms with Gasteiger partial charge in [0.2, 0.25) is 0 Å². The molecule has 112 valence electrons. The van der Waals surface area contributed by atoms with Crippen LogP contribution in [0.25, 0.3) is 0 Å². The highest BCUT2D eigenvalue weighted by Crippen LogP contribution is 2.16. The average molecular weight is 275 g/mol. The summed E-state index contributed by atoms with van der Waals surface area (Å²) < 4.78 is 0. The van der Waals surface area contributed by atoms with E-state index in [-0.39, 0.29) is 0 Å². The first-order chi connectivity index (χ1) is 9.74. The van der Waals surface area contributed by atoms with E-state index in [1.165, 1.54) is 31.2 Å². The molecule has 3 nitrogen and oxygen atoms in total. The van der Waals surface area contributed by atoms with Crippen LogP contribution in [0.3, 0.4) is 0 Å². The first kappa shape index (κ1) is 15.5. The molecule has 1 aromatic carbocycles. The van der Waals surface area contributed by atoms with Gasteiger partial charge in [0, 0.05) is 18.6 Å². The van der Waals surface area contributed by atoms with Gasteiger partial charge in [0.05, 0.1) is 0 Å². The second-order valence-corrected chi connectivity index (χ2v) is 6.15. The van der Waals surface area contributed by atoms with Crippen LogP contribution in [0.1, 0.15) is 37.7 Å². The van der Waals surface area contributed by atoms with Crippen LogP contribution in [0.5, 0.6) is 0 Å². The van der Waals surface area contributed by atoms with Crippen LogP contribution in [0, 0.1) is 0 Å². The van der Waals surface area contributed by atoms with Gasteiger partial charge in [-0.1, -0.05) is 36.8 Å². The Labute approximate surface area is 123 Å². The molecule has 2 atom stereocenters. The summed E-state index contributed by atoms with van der Waals surface area (Å²) in [4.78, 5) is 2.39. The fourth-order valence-corrected chi connectivity index (χ4v) is 3.04. The normalized spacial score (nSPS) is 23.1. The lowest BCUT2D eigenvalue weighted by atomic mass is 9.91. The second kappa shape index (κ2) is 8.40. The monoisotopic (exact) mass is 275 g/mol. The number of benzene rings is 1. The van der Waals surface area contributed by atoms with Crippen molar-refractivity contribution in [1.29, 1.82) is 0 Å². The Bertz CT molecular complexity index is 366. The number of nitrogens with two attached hydrogens (primary N) is 1. The fraction of sp³-hybridized carbons (Fsp3) is 0.647. The quantitative estimate of drug-likeness (QED) is 0.751. The third-order valence-corrected chi connectivity index (χ3v) is 4.16. The van der Waals surface area contributed by atoms with Gasteiger partial charge < -0.3 is 16.0 Å². The smallest absolute Gasteiger partial charge is 0.0230 e. The molecule has 3 heteroatoms. The molecule has 3 N–H and O–H groups in total. The van der Waals surface area contributed by atoms with Crippen molar-refractivity contribution in [1.82, 2.24) is 10.2 Å². The van der Waals surface area contributed by atoms with Crippen molar-refractivity contribution >= 4 is 0 Å². The average Bonchev–Trinajstić information content (AvgIpc) is 2.45. The second-order valence-electron chi connectivity index (χ2n) is 6.15. The van der Waals surface area contributed by atoms with E-state index in [0.29, 0.717) is 12.1 Å². The summed E-state index contributed by atoms with van der Waals surface area (Å²) in [5.41, 5.74) is 7.41. The van der Waals surface area contributed by atoms with Crippen LogP contribution in [-0.4, -0.2) is 37.1 Å². The lowest BCUT2D eigenvalue weighted by molar-refractivity contribution is 0.301. The molecule has 1 fully saturated rings. The van der Waals surface area contributed by atoms with Crippen molar-refractivity contribution in [2.45, 2.75) is 50.7 Å². The minimum absolute atomic E-state index is 0.419. The topological polar surface area (TPSA) is 41.3 Å². The van der Waals surface area contributed by atoms with Gasteiger partial charge in [-0.2, -0.15) is 0 Å². The molecule has 0 spiro atoms. The molecule has 20 heavy (non-hydrogen) atoms. The molecule has 0 radical (unpaired) electrons. The molecule has 1 saturated carbocycles. The summed E-state index contributed by atoms with van der Waals surface area (Å²) in [6.07, 6.45) is 6.15. The Kier molecular flexibility index (Phi) is 6.51. The summed E-state index contributed by atoms with van der Waals surface area (Å²) >= 11 is 0. The summed E-state index contributed by atoms with van der Waals surface area (Å²) in [5.74, 6) is 0. The van der Waals surface area contributed by atoms with E-state index < -0.39 is 0 Å². The molecule has 1 aromatic rings. The highest BCUT2D eigenvalue weighted by molar-refractivity contribution is 5.14. The Hall–Kier alpha value is -0.900. The lowest BCUT2D eigenvalue weighted by Crippen LogP contribution is -2.40. The Morgan fingerprint density at radius 3 is 2.80 bits per heavy atom. The van der Waals surface area contributed by atoms with E-state index in [9.17, 15) is 0 Å². The first-order valence-corrected chi connectivity index (χ1v) is 7.95. The molecule has 0 amide bonds. The van der Waals surface area contributed by atoms with Crippen LogP contribution in [0.2, 0.25) is 0 Å². The third-order valence-electron chi connectivity index (χ3n) is 4.16. The number of nitrogens with one attached hydrogen (secondary N) is 1. The highest BCUT2D eigenvalue weighted by Gasteiger charge is 2.18. The number of nitrogens with zero attached hydrogens (tertiary/aromatic N) is 1. The zero-order chi connectivity index (χ0) is 14.2. The lowest BCUT2D eigenvalue weighted by Gasteiger charge is -2.27. The van der Waals surface area contributed by atoms with Crippen molar-refractivity contribution in [3.63, 3.8) is 0 Å². The maximum atomic E-state index is 6.02. The highest BCUT2D eigenvalue weighted by atomic mass is 15.1. The predicted molar refractivity (Wildman–Crippen MR) is 85.6 cm³/mol. The molecule has 0 saturated heterocycles. The van der Waals surface area contributed by atoms with Gasteiger partial charge in [0.1, 0.15) is 0 Å². The van der Waals surface area contributed by atoms with Gasteiger partial charge in [0.25, 0.3) is 0 Å². The van der Waals surface area contributed by atoms with Gasteiger partial charge in [-0.05, 0) is 51.4 Å². The van der Waals surface area contributed by atoms with Crippen LogP contribution < -0.4 is 11.1 Å². The molecular formula is C17H29N3. The Morgan fingerprint density at radius 1 is 1.25 bits per heavy atom. The molecule has 0 aliphatic heterocycles. The third kappa shape index (κ3) is 5.61. The van der Waals surface area contributed by atoms with E-state index in [1.807, 2.05) is 0 Å². The van der Waals surface area contributed by atoms with Crippen LogP contribution in [-0.2, 0) is 6.54 Å². The number of hydrogen-bond donors (Lipinski definition) is 2. The van der Waals surface area contributed by atoms with E-state index in [2.05, 4.69) is 47.6 Å². The maximum Gasteiger partial charge on any atom is 0.0230 e. The van der Waals surface area contributed by atoms with Gasteiger partial charge in [-0.15, -0.1) is 0 Å². The zero-order valence-corrected chi connectivity index (χ0v) is 12.7. The van der Waals surface area contributed by atoms with Crippen molar-refractivity contribution in [3.05, 3.63) is 35.9 Å². The summed E-state index contributed by atoms with van der Waals surface area (Å²) in [7, 11) is 2.20. The van der Waals surface area contributed by atoms with Gasteiger partial charge in [-0.3, -0.25) is 0 Å². The summed E-state index contributed by atoms with van der Waals surface area (Å²) in [6, 6.07) is 11.7. The Balaban J connectivity index is 1.56. The minimum atomic E-state index is 0.419. The molecule has 0 bridgehead atoms. The largest absolute Gasteiger partial charge is 0.328 e. The van der Waals surface area contributed by atoms with Crippen LogP contribution >= 0.6 is 0 Å². The van der Waals surface area contributed by atoms with Crippen molar-refractivity contribution in [2.75, 3.05) is 20.1 Å². The number of rotatable bonds is 7. The molecule has 2 rings (SSSR count). The molecule has 2 unspecified atom stereocenters. The minimum Gasteiger partial charge on any atom is -0.328 e. The number of hydrogen-bond acceptors (Lipinski definition) is 3. The van der Waals surface area contributed by atoms with E-state index in [4.69, 9.17) is 5.73 Å². The van der Waals surface area contributed by atoms with Gasteiger partial charge >= 0.3 is 0 Å². The predicted octanol–water partition coefficient (Wildman–Crippen LogP) is 2.37. The molecular weight excluding hydrogens is 246 g/mol. The van der Waals surface area contributed by atoms with Crippen molar-refractivity contribution in [3.8, 4) is 0 Å². The molecule has 1 aliphatic rings. The summed E-state index contributed by atoms with van der Waals surface area (Å²) in [6.45, 7) is 3.28. The van der Waals surface area contributed by atoms with E-state index >= 15 is 0 Å².